The first kappa shape index (κ1) is 19.2. The third-order valence-electron chi connectivity index (χ3n) is 4.75. The highest BCUT2D eigenvalue weighted by molar-refractivity contribution is 7.98. The van der Waals surface area contributed by atoms with E-state index in [0.717, 1.165) is 34.2 Å². The summed E-state index contributed by atoms with van der Waals surface area (Å²) in [5, 5.41) is 7.77. The summed E-state index contributed by atoms with van der Waals surface area (Å²) < 4.78 is 17.7. The van der Waals surface area contributed by atoms with Gasteiger partial charge in [-0.2, -0.15) is 16.9 Å². The number of hydrogen-bond acceptors (Lipinski definition) is 6. The fraction of sp³-hybridized carbons (Fsp3) is 0.238. The molecule has 0 unspecified atom stereocenters. The Labute approximate surface area is 173 Å². The molecule has 150 valence electrons. The van der Waals surface area contributed by atoms with E-state index in [0.29, 0.717) is 22.9 Å². The van der Waals surface area contributed by atoms with Gasteiger partial charge in [-0.05, 0) is 36.4 Å². The fourth-order valence-electron chi connectivity index (χ4n) is 3.29. The molecule has 1 aromatic heterocycles. The predicted octanol–water partition coefficient (Wildman–Crippen LogP) is 3.90. The second-order valence-corrected chi connectivity index (χ2v) is 7.36. The molecule has 0 radical (unpaired) electrons. The zero-order valence-electron chi connectivity index (χ0n) is 16.4. The fourth-order valence-corrected chi connectivity index (χ4v) is 4.33. The highest BCUT2D eigenvalue weighted by Gasteiger charge is 2.26. The van der Waals surface area contributed by atoms with Gasteiger partial charge >= 0.3 is 0 Å². The summed E-state index contributed by atoms with van der Waals surface area (Å²) in [5.74, 6) is 3.68. The van der Waals surface area contributed by atoms with E-state index in [4.69, 9.17) is 19.3 Å². The molecular weight excluding hydrogens is 390 g/mol. The van der Waals surface area contributed by atoms with E-state index in [9.17, 15) is 4.79 Å². The number of thioether (sulfide) groups is 1. The van der Waals surface area contributed by atoms with Gasteiger partial charge in [0.1, 0.15) is 11.6 Å². The number of hydrogen-bond donors (Lipinski definition) is 1. The van der Waals surface area contributed by atoms with Gasteiger partial charge in [0.25, 0.3) is 5.91 Å². The van der Waals surface area contributed by atoms with Crippen molar-refractivity contribution in [1.82, 2.24) is 9.78 Å². The van der Waals surface area contributed by atoms with Crippen LogP contribution in [0, 0.1) is 0 Å². The van der Waals surface area contributed by atoms with Crippen LogP contribution in [-0.2, 0) is 11.5 Å². The van der Waals surface area contributed by atoms with Gasteiger partial charge in [-0.15, -0.1) is 0 Å². The number of anilines is 1. The molecule has 1 amide bonds. The average molecular weight is 411 g/mol. The van der Waals surface area contributed by atoms with Crippen LogP contribution in [0.4, 0.5) is 5.82 Å². The number of carbonyl (C=O) groups excluding carboxylic acids is 1. The Morgan fingerprint density at radius 2 is 1.83 bits per heavy atom. The maximum absolute atomic E-state index is 13.1. The van der Waals surface area contributed by atoms with E-state index in [1.165, 1.54) is 7.11 Å². The number of nitrogens with one attached hydrogen (secondary N) is 1. The van der Waals surface area contributed by atoms with Gasteiger partial charge in [0.2, 0.25) is 0 Å². The molecule has 0 atom stereocenters. The van der Waals surface area contributed by atoms with Crippen LogP contribution in [0.1, 0.15) is 21.6 Å². The molecule has 0 bridgehead atoms. The lowest BCUT2D eigenvalue weighted by Gasteiger charge is -2.14. The molecule has 0 aliphatic carbocycles. The van der Waals surface area contributed by atoms with Gasteiger partial charge in [-0.25, -0.2) is 4.68 Å². The minimum atomic E-state index is -0.282. The third kappa shape index (κ3) is 3.51. The minimum Gasteiger partial charge on any atom is -0.497 e. The molecule has 29 heavy (non-hydrogen) atoms. The molecule has 0 spiro atoms. The van der Waals surface area contributed by atoms with Crippen molar-refractivity contribution in [1.29, 1.82) is 0 Å². The van der Waals surface area contributed by atoms with Crippen LogP contribution < -0.4 is 19.5 Å². The summed E-state index contributed by atoms with van der Waals surface area (Å²) in [7, 11) is 4.69. The lowest BCUT2D eigenvalue weighted by Crippen LogP contribution is -2.17. The molecule has 0 saturated heterocycles. The Morgan fingerprint density at radius 3 is 2.52 bits per heavy atom. The Bertz CT molecular complexity index is 1050. The second kappa shape index (κ2) is 8.08. The van der Waals surface area contributed by atoms with Gasteiger partial charge in [0.15, 0.2) is 11.5 Å². The lowest BCUT2D eigenvalue weighted by molar-refractivity contribution is 0.102. The summed E-state index contributed by atoms with van der Waals surface area (Å²) in [5.41, 5.74) is 3.27. The van der Waals surface area contributed by atoms with Crippen molar-refractivity contribution in [2.75, 3.05) is 26.6 Å². The molecular formula is C21H21N3O4S. The smallest absolute Gasteiger partial charge is 0.260 e. The van der Waals surface area contributed by atoms with Crippen molar-refractivity contribution in [3.63, 3.8) is 0 Å². The molecule has 2 heterocycles. The Hall–Kier alpha value is -3.13. The topological polar surface area (TPSA) is 74.6 Å². The van der Waals surface area contributed by atoms with E-state index in [1.54, 1.807) is 48.9 Å². The zero-order valence-corrected chi connectivity index (χ0v) is 17.2. The SMILES string of the molecule is COc1ccc(-n2nc3c(c2NC(=O)c2cccc(OC)c2OC)CSC3)cc1. The molecule has 2 aromatic carbocycles. The first-order chi connectivity index (χ1) is 14.2. The van der Waals surface area contributed by atoms with Crippen LogP contribution in [0.3, 0.4) is 0 Å². The molecule has 7 nitrogen and oxygen atoms in total. The summed E-state index contributed by atoms with van der Waals surface area (Å²) >= 11 is 1.78. The maximum atomic E-state index is 13.1. The van der Waals surface area contributed by atoms with E-state index < -0.39 is 0 Å². The number of aromatic nitrogens is 2. The number of amides is 1. The molecule has 0 fully saturated rings. The van der Waals surface area contributed by atoms with Crippen molar-refractivity contribution in [3.05, 3.63) is 59.3 Å². The Balaban J connectivity index is 1.73. The zero-order chi connectivity index (χ0) is 20.4. The van der Waals surface area contributed by atoms with Crippen molar-refractivity contribution < 1.29 is 19.0 Å². The van der Waals surface area contributed by atoms with E-state index >= 15 is 0 Å². The van der Waals surface area contributed by atoms with Gasteiger partial charge < -0.3 is 19.5 Å². The van der Waals surface area contributed by atoms with Crippen LogP contribution in [0.15, 0.2) is 42.5 Å². The van der Waals surface area contributed by atoms with Crippen LogP contribution in [0.2, 0.25) is 0 Å². The quantitative estimate of drug-likeness (QED) is 0.663. The molecule has 0 saturated carbocycles. The molecule has 3 aromatic rings. The monoisotopic (exact) mass is 411 g/mol. The number of fused-ring (bicyclic) bond motifs is 1. The summed E-state index contributed by atoms with van der Waals surface area (Å²) in [6, 6.07) is 12.8. The predicted molar refractivity (Wildman–Crippen MR) is 113 cm³/mol. The average Bonchev–Trinajstić information content (AvgIpc) is 3.35. The highest BCUT2D eigenvalue weighted by Crippen LogP contribution is 2.37. The Kier molecular flexibility index (Phi) is 5.35. The second-order valence-electron chi connectivity index (χ2n) is 6.37. The van der Waals surface area contributed by atoms with Gasteiger partial charge in [-0.1, -0.05) is 6.07 Å². The van der Waals surface area contributed by atoms with Gasteiger partial charge in [-0.3, -0.25) is 4.79 Å². The van der Waals surface area contributed by atoms with Gasteiger partial charge in [0, 0.05) is 17.1 Å². The highest BCUT2D eigenvalue weighted by atomic mass is 32.2. The first-order valence-corrected chi connectivity index (χ1v) is 10.2. The van der Waals surface area contributed by atoms with E-state index in [1.807, 2.05) is 24.3 Å². The van der Waals surface area contributed by atoms with Crippen molar-refractivity contribution in [2.45, 2.75) is 11.5 Å². The number of methoxy groups -OCH3 is 3. The molecule has 1 aliphatic heterocycles. The number of carbonyl (C=O) groups is 1. The van der Waals surface area contributed by atoms with Crippen LogP contribution in [0.25, 0.3) is 5.69 Å². The summed E-state index contributed by atoms with van der Waals surface area (Å²) in [4.78, 5) is 13.1. The molecule has 1 N–H and O–H groups in total. The van der Waals surface area contributed by atoms with Crippen LogP contribution in [-0.4, -0.2) is 37.0 Å². The maximum Gasteiger partial charge on any atom is 0.260 e. The largest absolute Gasteiger partial charge is 0.497 e. The van der Waals surface area contributed by atoms with E-state index in [2.05, 4.69) is 5.32 Å². The number of rotatable bonds is 6. The Morgan fingerprint density at radius 1 is 1.03 bits per heavy atom. The number of nitrogens with zero attached hydrogens (tertiary/aromatic N) is 2. The molecule has 4 rings (SSSR count). The third-order valence-corrected chi connectivity index (χ3v) is 5.72. The first-order valence-electron chi connectivity index (χ1n) is 9.01. The summed E-state index contributed by atoms with van der Waals surface area (Å²) in [6.07, 6.45) is 0. The number of ether oxygens (including phenoxy) is 3. The number of para-hydroxylation sites is 1. The molecule has 1 aliphatic rings. The van der Waals surface area contributed by atoms with E-state index in [-0.39, 0.29) is 5.91 Å². The minimum absolute atomic E-state index is 0.282. The lowest BCUT2D eigenvalue weighted by atomic mass is 10.1. The van der Waals surface area contributed by atoms with Crippen molar-refractivity contribution in [2.24, 2.45) is 0 Å². The van der Waals surface area contributed by atoms with Crippen LogP contribution in [0.5, 0.6) is 17.2 Å². The van der Waals surface area contributed by atoms with Gasteiger partial charge in [0.05, 0.1) is 38.3 Å². The van der Waals surface area contributed by atoms with Crippen molar-refractivity contribution in [3.8, 4) is 22.9 Å². The summed E-state index contributed by atoms with van der Waals surface area (Å²) in [6.45, 7) is 0. The van der Waals surface area contributed by atoms with Crippen molar-refractivity contribution >= 4 is 23.5 Å². The standard InChI is InChI=1S/C21H21N3O4S/c1-26-14-9-7-13(8-10-14)24-20(16-11-29-12-17(16)23-24)22-21(25)15-5-4-6-18(27-2)19(15)28-3/h4-10H,11-12H2,1-3H3,(H,22,25). The normalized spacial score (nSPS) is 12.4. The van der Waals surface area contributed by atoms with Crippen LogP contribution >= 0.6 is 11.8 Å². The number of benzene rings is 2. The molecule has 8 heteroatoms.